The highest BCUT2D eigenvalue weighted by Gasteiger charge is 2.38. The zero-order valence-electron chi connectivity index (χ0n) is 13.1. The molecule has 2 aromatic heterocycles. The first kappa shape index (κ1) is 17.3. The molecule has 1 aliphatic rings. The second-order valence-corrected chi connectivity index (χ2v) is 5.51. The topological polar surface area (TPSA) is 81.4 Å². The highest BCUT2D eigenvalue weighted by molar-refractivity contribution is 5.53. The predicted molar refractivity (Wildman–Crippen MR) is 78.4 cm³/mol. The molecule has 0 saturated carbocycles. The summed E-state index contributed by atoms with van der Waals surface area (Å²) in [5, 5.41) is 3.30. The third-order valence-corrected chi connectivity index (χ3v) is 3.76. The van der Waals surface area contributed by atoms with Crippen molar-refractivity contribution >= 4 is 6.29 Å². The number of hydrogen-bond acceptors (Lipinski definition) is 7. The van der Waals surface area contributed by atoms with Gasteiger partial charge < -0.3 is 14.1 Å². The number of rotatable bonds is 6. The van der Waals surface area contributed by atoms with E-state index in [1.165, 1.54) is 18.3 Å². The molecule has 3 heterocycles. The van der Waals surface area contributed by atoms with Gasteiger partial charge in [0.15, 0.2) is 6.23 Å². The molecule has 25 heavy (non-hydrogen) atoms. The number of nitrogens with zero attached hydrogens (tertiary/aromatic N) is 4. The highest BCUT2D eigenvalue weighted by Crippen LogP contribution is 2.29. The van der Waals surface area contributed by atoms with Gasteiger partial charge in [0.2, 0.25) is 11.7 Å². The van der Waals surface area contributed by atoms with Crippen LogP contribution in [0.4, 0.5) is 13.2 Å². The third kappa shape index (κ3) is 4.13. The van der Waals surface area contributed by atoms with Gasteiger partial charge in [-0.05, 0) is 18.9 Å². The summed E-state index contributed by atoms with van der Waals surface area (Å²) in [7, 11) is 0. The van der Waals surface area contributed by atoms with E-state index in [0.29, 0.717) is 18.8 Å². The van der Waals surface area contributed by atoms with Crippen LogP contribution in [0.3, 0.4) is 0 Å². The molecule has 1 unspecified atom stereocenters. The van der Waals surface area contributed by atoms with Crippen LogP contribution in [-0.4, -0.2) is 45.6 Å². The van der Waals surface area contributed by atoms with Crippen LogP contribution >= 0.6 is 0 Å². The maximum atomic E-state index is 12.5. The van der Waals surface area contributed by atoms with Crippen molar-refractivity contribution in [1.82, 2.24) is 20.0 Å². The number of aromatic nitrogens is 3. The molecule has 1 saturated heterocycles. The lowest BCUT2D eigenvalue weighted by atomic mass is 10.3. The Morgan fingerprint density at radius 1 is 1.40 bits per heavy atom. The van der Waals surface area contributed by atoms with Crippen molar-refractivity contribution in [3.8, 4) is 17.3 Å². The van der Waals surface area contributed by atoms with Crippen molar-refractivity contribution in [3.05, 3.63) is 24.2 Å². The highest BCUT2D eigenvalue weighted by atomic mass is 19.4. The average Bonchev–Trinajstić information content (AvgIpc) is 3.23. The van der Waals surface area contributed by atoms with Gasteiger partial charge in [0.1, 0.15) is 6.29 Å². The van der Waals surface area contributed by atoms with Gasteiger partial charge in [0.25, 0.3) is 0 Å². The minimum Gasteiger partial charge on any atom is -0.458 e. The fourth-order valence-corrected chi connectivity index (χ4v) is 2.58. The van der Waals surface area contributed by atoms with Crippen molar-refractivity contribution in [2.45, 2.75) is 31.7 Å². The smallest absolute Gasteiger partial charge is 0.458 e. The molecule has 3 rings (SSSR count). The van der Waals surface area contributed by atoms with E-state index in [1.54, 1.807) is 0 Å². The summed E-state index contributed by atoms with van der Waals surface area (Å²) in [5.74, 6) is -1.26. The van der Waals surface area contributed by atoms with E-state index in [-0.39, 0.29) is 17.6 Å². The lowest BCUT2D eigenvalue weighted by molar-refractivity contribution is -0.159. The fourth-order valence-electron chi connectivity index (χ4n) is 2.58. The Bertz CT molecular complexity index is 718. The number of halogens is 3. The number of likely N-dealkylation sites (tertiary alicyclic amines) is 1. The van der Waals surface area contributed by atoms with Crippen LogP contribution in [0.5, 0.6) is 5.88 Å². The predicted octanol–water partition coefficient (Wildman–Crippen LogP) is 2.54. The average molecular weight is 356 g/mol. The molecule has 0 bridgehead atoms. The van der Waals surface area contributed by atoms with Crippen LogP contribution < -0.4 is 4.74 Å². The number of aldehydes is 1. The zero-order valence-corrected chi connectivity index (χ0v) is 13.1. The van der Waals surface area contributed by atoms with E-state index in [1.807, 2.05) is 0 Å². The van der Waals surface area contributed by atoms with Gasteiger partial charge in [-0.15, -0.1) is 0 Å². The molecule has 0 radical (unpaired) electrons. The van der Waals surface area contributed by atoms with E-state index >= 15 is 0 Å². The molecule has 0 aromatic carbocycles. The monoisotopic (exact) mass is 356 g/mol. The molecule has 0 aliphatic carbocycles. The summed E-state index contributed by atoms with van der Waals surface area (Å²) >= 11 is 0. The van der Waals surface area contributed by atoms with Gasteiger partial charge in [-0.25, -0.2) is 4.98 Å². The van der Waals surface area contributed by atoms with E-state index in [9.17, 15) is 18.0 Å². The summed E-state index contributed by atoms with van der Waals surface area (Å²) < 4.78 is 47.4. The van der Waals surface area contributed by atoms with Crippen molar-refractivity contribution in [1.29, 1.82) is 0 Å². The number of pyridine rings is 1. The number of carbonyl (C=O) groups excluding carboxylic acids is 1. The van der Waals surface area contributed by atoms with Gasteiger partial charge in [-0.1, -0.05) is 5.16 Å². The summed E-state index contributed by atoms with van der Waals surface area (Å²) in [6.07, 6.45) is -0.443. The van der Waals surface area contributed by atoms with Crippen molar-refractivity contribution < 1.29 is 27.2 Å². The van der Waals surface area contributed by atoms with Crippen LogP contribution in [0, 0.1) is 0 Å². The first-order chi connectivity index (χ1) is 12.0. The molecular formula is C15H15F3N4O3. The van der Waals surface area contributed by atoms with E-state index in [4.69, 9.17) is 4.74 Å². The zero-order chi connectivity index (χ0) is 17.9. The molecule has 1 atom stereocenters. The molecular weight excluding hydrogens is 341 g/mol. The normalized spacial score (nSPS) is 18.4. The van der Waals surface area contributed by atoms with Crippen molar-refractivity contribution in [3.63, 3.8) is 0 Å². The lowest BCUT2D eigenvalue weighted by Crippen LogP contribution is -2.35. The van der Waals surface area contributed by atoms with Crippen LogP contribution in [0.15, 0.2) is 22.9 Å². The summed E-state index contributed by atoms with van der Waals surface area (Å²) in [6.45, 7) is 1.47. The second kappa shape index (κ2) is 7.18. The summed E-state index contributed by atoms with van der Waals surface area (Å²) in [6, 6.07) is 3.05. The molecule has 0 N–H and O–H groups in total. The minimum atomic E-state index is -4.69. The number of alkyl halides is 3. The molecule has 7 nitrogen and oxygen atoms in total. The maximum absolute atomic E-state index is 12.5. The third-order valence-electron chi connectivity index (χ3n) is 3.76. The molecule has 0 spiro atoms. The molecule has 1 aliphatic heterocycles. The van der Waals surface area contributed by atoms with Gasteiger partial charge in [0.05, 0.1) is 0 Å². The Hall–Kier alpha value is -2.49. The van der Waals surface area contributed by atoms with E-state index in [2.05, 4.69) is 24.5 Å². The molecule has 10 heteroatoms. The van der Waals surface area contributed by atoms with Crippen molar-refractivity contribution in [2.75, 3.05) is 13.1 Å². The first-order valence-electron chi connectivity index (χ1n) is 7.69. The minimum absolute atomic E-state index is 0.166. The molecule has 134 valence electrons. The largest absolute Gasteiger partial charge is 0.471 e. The molecule has 1 fully saturated rings. The van der Waals surface area contributed by atoms with E-state index in [0.717, 1.165) is 25.7 Å². The van der Waals surface area contributed by atoms with Gasteiger partial charge in [0, 0.05) is 37.3 Å². The standard InChI is InChI=1S/C15H15F3N4O3/c16-15(17,18)14-20-13(21-25-14)10-4-5-11(19-9-10)24-12-3-1-6-22(12)7-2-8-23/h4-5,8-9,12H,1-3,6-7H2. The quantitative estimate of drug-likeness (QED) is 0.736. The van der Waals surface area contributed by atoms with Crippen LogP contribution in [0.1, 0.15) is 25.2 Å². The second-order valence-electron chi connectivity index (χ2n) is 5.51. The van der Waals surface area contributed by atoms with Crippen LogP contribution in [0.2, 0.25) is 0 Å². The summed E-state index contributed by atoms with van der Waals surface area (Å²) in [4.78, 5) is 19.9. The number of carbonyl (C=O) groups is 1. The molecule has 2 aromatic rings. The maximum Gasteiger partial charge on any atom is 0.471 e. The van der Waals surface area contributed by atoms with Gasteiger partial charge in [-0.3, -0.25) is 4.90 Å². The Labute approximate surface area is 140 Å². The Balaban J connectivity index is 1.66. The summed E-state index contributed by atoms with van der Waals surface area (Å²) in [5.41, 5.74) is 0.288. The van der Waals surface area contributed by atoms with Gasteiger partial charge in [-0.2, -0.15) is 18.2 Å². The first-order valence-corrected chi connectivity index (χ1v) is 7.69. The SMILES string of the molecule is O=CCCN1CCCC1Oc1ccc(-c2noc(C(F)(F)F)n2)cn1. The van der Waals surface area contributed by atoms with Crippen LogP contribution in [0.25, 0.3) is 11.4 Å². The Morgan fingerprint density at radius 3 is 2.88 bits per heavy atom. The Kier molecular flexibility index (Phi) is 4.98. The van der Waals surface area contributed by atoms with Crippen LogP contribution in [-0.2, 0) is 11.0 Å². The van der Waals surface area contributed by atoms with Gasteiger partial charge >= 0.3 is 12.1 Å². The van der Waals surface area contributed by atoms with Crippen molar-refractivity contribution in [2.24, 2.45) is 0 Å². The number of ether oxygens (including phenoxy) is 1. The lowest BCUT2D eigenvalue weighted by Gasteiger charge is -2.23. The Morgan fingerprint density at radius 2 is 2.24 bits per heavy atom. The fraction of sp³-hybridized carbons (Fsp3) is 0.467. The molecule has 0 amide bonds. The van der Waals surface area contributed by atoms with E-state index < -0.39 is 12.1 Å². The number of hydrogen-bond donors (Lipinski definition) is 0.